The van der Waals surface area contributed by atoms with Gasteiger partial charge in [-0.1, -0.05) is 41.7 Å². The Morgan fingerprint density at radius 2 is 1.82 bits per heavy atom. The normalized spacial score (nSPS) is 11.7. The van der Waals surface area contributed by atoms with E-state index in [9.17, 15) is 9.18 Å². The van der Waals surface area contributed by atoms with Crippen molar-refractivity contribution in [3.8, 4) is 11.5 Å². The summed E-state index contributed by atoms with van der Waals surface area (Å²) in [5.74, 6) is 0.374. The zero-order valence-corrected chi connectivity index (χ0v) is 15.9. The maximum Gasteiger partial charge on any atom is 0.283 e. The molecule has 0 saturated carbocycles. The van der Waals surface area contributed by atoms with Gasteiger partial charge in [-0.05, 0) is 49.4 Å². The van der Waals surface area contributed by atoms with Crippen molar-refractivity contribution in [2.75, 3.05) is 0 Å². The summed E-state index contributed by atoms with van der Waals surface area (Å²) in [6.07, 6.45) is 0. The Bertz CT molecular complexity index is 1210. The fourth-order valence-corrected chi connectivity index (χ4v) is 4.05. The molecule has 0 saturated heterocycles. The Balaban J connectivity index is 1.76. The molecular weight excluding hydrogens is 375 g/mol. The molecule has 0 aliphatic heterocycles. The molecular formula is C22H17FN2O2S. The summed E-state index contributed by atoms with van der Waals surface area (Å²) in [6, 6.07) is 20.9. The van der Waals surface area contributed by atoms with Crippen molar-refractivity contribution >= 4 is 27.5 Å². The molecule has 0 atom stereocenters. The number of fused-ring (bicyclic) bond motifs is 1. The standard InChI is InChI=1S/C22H17FN2O2S/c1-2-25-18-13-12-15(23)14-20(18)28-22(25)24-21(26)17-10-6-7-11-19(17)27-16-8-4-3-5-9-16/h3-14H,2H2,1H3. The third-order valence-corrected chi connectivity index (χ3v) is 5.29. The van der Waals surface area contributed by atoms with Gasteiger partial charge in [0.2, 0.25) is 0 Å². The topological polar surface area (TPSA) is 43.6 Å². The Hall–Kier alpha value is -3.25. The highest BCUT2D eigenvalue weighted by Crippen LogP contribution is 2.26. The van der Waals surface area contributed by atoms with Gasteiger partial charge in [0.1, 0.15) is 17.3 Å². The molecule has 0 bridgehead atoms. The molecule has 0 aliphatic rings. The molecule has 0 unspecified atom stereocenters. The van der Waals surface area contributed by atoms with Crippen molar-refractivity contribution in [3.63, 3.8) is 0 Å². The van der Waals surface area contributed by atoms with Crippen LogP contribution >= 0.6 is 11.3 Å². The number of carbonyl (C=O) groups excluding carboxylic acids is 1. The molecule has 140 valence electrons. The second-order valence-electron chi connectivity index (χ2n) is 6.07. The molecule has 4 rings (SSSR count). The summed E-state index contributed by atoms with van der Waals surface area (Å²) in [7, 11) is 0. The maximum atomic E-state index is 13.6. The number of ether oxygens (including phenoxy) is 1. The minimum atomic E-state index is -0.402. The highest BCUT2D eigenvalue weighted by molar-refractivity contribution is 7.16. The van der Waals surface area contributed by atoms with Gasteiger partial charge in [-0.15, -0.1) is 0 Å². The van der Waals surface area contributed by atoms with E-state index in [0.29, 0.717) is 28.4 Å². The molecule has 0 spiro atoms. The highest BCUT2D eigenvalue weighted by Gasteiger charge is 2.14. The Morgan fingerprint density at radius 1 is 1.07 bits per heavy atom. The predicted octanol–water partition coefficient (Wildman–Crippen LogP) is 5.40. The van der Waals surface area contributed by atoms with Crippen molar-refractivity contribution in [3.05, 3.63) is 89.0 Å². The number of thiazole rings is 1. The van der Waals surface area contributed by atoms with Gasteiger partial charge in [-0.25, -0.2) is 4.39 Å². The van der Waals surface area contributed by atoms with Gasteiger partial charge >= 0.3 is 0 Å². The molecule has 3 aromatic carbocycles. The SMILES string of the molecule is CCn1c(=NC(=O)c2ccccc2Oc2ccccc2)sc2cc(F)ccc21. The lowest BCUT2D eigenvalue weighted by atomic mass is 10.2. The van der Waals surface area contributed by atoms with Crippen LogP contribution < -0.4 is 9.54 Å². The van der Waals surface area contributed by atoms with Crippen molar-refractivity contribution in [1.82, 2.24) is 4.57 Å². The average Bonchev–Trinajstić information content (AvgIpc) is 3.05. The summed E-state index contributed by atoms with van der Waals surface area (Å²) < 4.78 is 22.1. The lowest BCUT2D eigenvalue weighted by molar-refractivity contribution is 0.0995. The summed E-state index contributed by atoms with van der Waals surface area (Å²) >= 11 is 1.29. The zero-order valence-electron chi connectivity index (χ0n) is 15.1. The van der Waals surface area contributed by atoms with Crippen LogP contribution in [0.15, 0.2) is 77.8 Å². The van der Waals surface area contributed by atoms with Crippen molar-refractivity contribution in [1.29, 1.82) is 0 Å². The number of rotatable bonds is 4. The van der Waals surface area contributed by atoms with E-state index >= 15 is 0 Å². The van der Waals surface area contributed by atoms with Crippen LogP contribution in [0.25, 0.3) is 10.2 Å². The number of para-hydroxylation sites is 2. The van der Waals surface area contributed by atoms with Gasteiger partial charge in [-0.2, -0.15) is 4.99 Å². The number of benzene rings is 3. The van der Waals surface area contributed by atoms with Gasteiger partial charge < -0.3 is 9.30 Å². The monoisotopic (exact) mass is 392 g/mol. The molecule has 0 fully saturated rings. The molecule has 1 amide bonds. The van der Waals surface area contributed by atoms with E-state index in [1.54, 1.807) is 24.3 Å². The first-order valence-electron chi connectivity index (χ1n) is 8.85. The van der Waals surface area contributed by atoms with Crippen LogP contribution in [0.1, 0.15) is 17.3 Å². The summed E-state index contributed by atoms with van der Waals surface area (Å²) in [4.78, 5) is 17.7. The Labute approximate surface area is 165 Å². The first kappa shape index (κ1) is 18.1. The lowest BCUT2D eigenvalue weighted by Crippen LogP contribution is -2.16. The minimum Gasteiger partial charge on any atom is -0.457 e. The summed E-state index contributed by atoms with van der Waals surface area (Å²) in [5.41, 5.74) is 1.23. The highest BCUT2D eigenvalue weighted by atomic mass is 32.1. The number of hydrogen-bond donors (Lipinski definition) is 0. The molecule has 0 aliphatic carbocycles. The number of aromatic nitrogens is 1. The van der Waals surface area contributed by atoms with Crippen LogP contribution in [0.3, 0.4) is 0 Å². The van der Waals surface area contributed by atoms with Gasteiger partial charge in [0.15, 0.2) is 4.80 Å². The van der Waals surface area contributed by atoms with E-state index in [2.05, 4.69) is 4.99 Å². The number of aryl methyl sites for hydroxylation is 1. The molecule has 4 nitrogen and oxygen atoms in total. The molecule has 1 heterocycles. The fourth-order valence-electron chi connectivity index (χ4n) is 2.93. The largest absolute Gasteiger partial charge is 0.457 e. The van der Waals surface area contributed by atoms with Crippen LogP contribution in [-0.2, 0) is 6.54 Å². The third-order valence-electron chi connectivity index (χ3n) is 4.25. The molecule has 1 aromatic heterocycles. The predicted molar refractivity (Wildman–Crippen MR) is 108 cm³/mol. The first-order chi connectivity index (χ1) is 13.7. The van der Waals surface area contributed by atoms with Crippen molar-refractivity contribution in [2.24, 2.45) is 4.99 Å². The van der Waals surface area contributed by atoms with Crippen LogP contribution in [0.4, 0.5) is 4.39 Å². The van der Waals surface area contributed by atoms with Gasteiger partial charge in [0, 0.05) is 6.54 Å². The van der Waals surface area contributed by atoms with Crippen molar-refractivity contribution < 1.29 is 13.9 Å². The number of amides is 1. The third kappa shape index (κ3) is 3.59. The molecule has 0 N–H and O–H groups in total. The minimum absolute atomic E-state index is 0.309. The lowest BCUT2D eigenvalue weighted by Gasteiger charge is -2.08. The van der Waals surface area contributed by atoms with Crippen molar-refractivity contribution in [2.45, 2.75) is 13.5 Å². The van der Waals surface area contributed by atoms with Gasteiger partial charge in [-0.3, -0.25) is 4.79 Å². The van der Waals surface area contributed by atoms with Crippen LogP contribution in [0, 0.1) is 5.82 Å². The van der Waals surface area contributed by atoms with Crippen LogP contribution in [-0.4, -0.2) is 10.5 Å². The van der Waals surface area contributed by atoms with E-state index < -0.39 is 5.91 Å². The number of nitrogens with zero attached hydrogens (tertiary/aromatic N) is 2. The van der Waals surface area contributed by atoms with E-state index in [1.165, 1.54) is 23.5 Å². The number of hydrogen-bond acceptors (Lipinski definition) is 3. The van der Waals surface area contributed by atoms with Gasteiger partial charge in [0.05, 0.1) is 15.8 Å². The smallest absolute Gasteiger partial charge is 0.283 e. The van der Waals surface area contributed by atoms with E-state index in [1.807, 2.05) is 47.9 Å². The zero-order chi connectivity index (χ0) is 19.5. The maximum absolute atomic E-state index is 13.6. The average molecular weight is 392 g/mol. The van der Waals surface area contributed by atoms with Crippen LogP contribution in [0.2, 0.25) is 0 Å². The quantitative estimate of drug-likeness (QED) is 0.467. The molecule has 28 heavy (non-hydrogen) atoms. The summed E-state index contributed by atoms with van der Waals surface area (Å²) in [6.45, 7) is 2.59. The fraction of sp³-hybridized carbons (Fsp3) is 0.0909. The molecule has 0 radical (unpaired) electrons. The first-order valence-corrected chi connectivity index (χ1v) is 9.67. The Kier molecular flexibility index (Phi) is 5.04. The van der Waals surface area contributed by atoms with Gasteiger partial charge in [0.25, 0.3) is 5.91 Å². The number of carbonyl (C=O) groups is 1. The number of halogens is 1. The van der Waals surface area contributed by atoms with E-state index in [4.69, 9.17) is 4.74 Å². The molecule has 6 heteroatoms. The Morgan fingerprint density at radius 3 is 2.61 bits per heavy atom. The second kappa shape index (κ2) is 7.78. The summed E-state index contributed by atoms with van der Waals surface area (Å²) in [5, 5.41) is 0. The molecule has 4 aromatic rings. The second-order valence-corrected chi connectivity index (χ2v) is 7.08. The van der Waals surface area contributed by atoms with E-state index in [0.717, 1.165) is 10.2 Å². The van der Waals surface area contributed by atoms with Crippen LogP contribution in [0.5, 0.6) is 11.5 Å². The van der Waals surface area contributed by atoms with E-state index in [-0.39, 0.29) is 5.82 Å².